The molecule has 46 heavy (non-hydrogen) atoms. The molecule has 2 aliphatic rings. The molecule has 13 heteroatoms. The molecule has 2 aliphatic heterocycles. The fourth-order valence-corrected chi connectivity index (χ4v) is 6.20. The number of amides is 2. The summed E-state index contributed by atoms with van der Waals surface area (Å²) in [7, 11) is 0. The van der Waals surface area contributed by atoms with Gasteiger partial charge in [0, 0.05) is 6.20 Å². The number of nitrogens with zero attached hydrogens (tertiary/aromatic N) is 4. The fraction of sp³-hybridized carbons (Fsp3) is 0.182. The van der Waals surface area contributed by atoms with Gasteiger partial charge < -0.3 is 24.3 Å². The lowest BCUT2D eigenvalue weighted by atomic mass is 9.88. The van der Waals surface area contributed by atoms with Crippen molar-refractivity contribution in [2.45, 2.75) is 37.1 Å². The molecule has 3 aromatic carbocycles. The van der Waals surface area contributed by atoms with E-state index in [9.17, 15) is 24.6 Å². The molecular formula is C33H24Cl2N4O7. The van der Waals surface area contributed by atoms with Crippen molar-refractivity contribution >= 4 is 57.8 Å². The molecule has 0 radical (unpaired) electrons. The molecule has 11 nitrogen and oxygen atoms in total. The number of carbonyl (C=O) groups is 3. The van der Waals surface area contributed by atoms with Gasteiger partial charge >= 0.3 is 5.97 Å². The third-order valence-electron chi connectivity index (χ3n) is 8.29. The first-order valence-electron chi connectivity index (χ1n) is 14.1. The summed E-state index contributed by atoms with van der Waals surface area (Å²) in [5, 5.41) is 24.0. The second-order valence-corrected chi connectivity index (χ2v) is 11.9. The average Bonchev–Trinajstić information content (AvgIpc) is 3.67. The van der Waals surface area contributed by atoms with Crippen molar-refractivity contribution in [1.82, 2.24) is 14.5 Å². The van der Waals surface area contributed by atoms with Crippen molar-refractivity contribution in [1.29, 1.82) is 0 Å². The number of benzene rings is 3. The highest BCUT2D eigenvalue weighted by atomic mass is 35.5. The van der Waals surface area contributed by atoms with Gasteiger partial charge in [-0.3, -0.25) is 9.59 Å². The van der Waals surface area contributed by atoms with Gasteiger partial charge in [-0.15, -0.1) is 0 Å². The van der Waals surface area contributed by atoms with Crippen LogP contribution in [0.25, 0.3) is 11.0 Å². The molecule has 0 bridgehead atoms. The van der Waals surface area contributed by atoms with E-state index < -0.39 is 47.9 Å². The molecule has 7 rings (SSSR count). The molecule has 0 saturated carbocycles. The van der Waals surface area contributed by atoms with Crippen molar-refractivity contribution < 1.29 is 34.1 Å². The molecule has 5 atom stereocenters. The largest absolute Gasteiger partial charge is 0.451 e. The lowest BCUT2D eigenvalue weighted by molar-refractivity contribution is -0.119. The quantitative estimate of drug-likeness (QED) is 0.187. The number of aromatic nitrogens is 3. The first-order valence-corrected chi connectivity index (χ1v) is 14.9. The fourth-order valence-electron chi connectivity index (χ4n) is 5.89. The summed E-state index contributed by atoms with van der Waals surface area (Å²) >= 11 is 12.5. The Labute approximate surface area is 271 Å². The number of aliphatic hydroxyl groups is 2. The zero-order valence-electron chi connectivity index (χ0n) is 24.0. The maximum atomic E-state index is 13.2. The van der Waals surface area contributed by atoms with Crippen LogP contribution in [0, 0.1) is 0 Å². The number of imide groups is 1. The maximum absolute atomic E-state index is 13.2. The minimum absolute atomic E-state index is 0.0521. The van der Waals surface area contributed by atoms with Crippen LogP contribution in [-0.4, -0.2) is 60.3 Å². The molecule has 0 spiro atoms. The summed E-state index contributed by atoms with van der Waals surface area (Å²) < 4.78 is 13.7. The number of esters is 1. The smallest absolute Gasteiger partial charge is 0.338 e. The van der Waals surface area contributed by atoms with Crippen molar-refractivity contribution in [2.75, 3.05) is 4.90 Å². The number of halogens is 2. The van der Waals surface area contributed by atoms with Crippen LogP contribution >= 0.6 is 23.2 Å². The first-order chi connectivity index (χ1) is 22.1. The Hall–Kier alpha value is -4.65. The van der Waals surface area contributed by atoms with Crippen LogP contribution in [-0.2, 0) is 9.47 Å². The van der Waals surface area contributed by atoms with Crippen LogP contribution in [0.3, 0.4) is 0 Å². The highest BCUT2D eigenvalue weighted by Crippen LogP contribution is 2.46. The Kier molecular flexibility index (Phi) is 7.38. The topological polar surface area (TPSA) is 144 Å². The van der Waals surface area contributed by atoms with E-state index in [-0.39, 0.29) is 38.2 Å². The van der Waals surface area contributed by atoms with E-state index in [4.69, 9.17) is 32.7 Å². The Morgan fingerprint density at radius 2 is 1.63 bits per heavy atom. The minimum Gasteiger partial charge on any atom is -0.451 e. The highest BCUT2D eigenvalue weighted by Gasteiger charge is 2.57. The Balaban J connectivity index is 1.26. The number of ether oxygens (including phenoxy) is 2. The zero-order chi connectivity index (χ0) is 32.3. The maximum Gasteiger partial charge on any atom is 0.338 e. The molecule has 1 fully saturated rings. The second-order valence-electron chi connectivity index (χ2n) is 11.1. The number of rotatable bonds is 6. The van der Waals surface area contributed by atoms with Crippen LogP contribution in [0.4, 0.5) is 5.82 Å². The zero-order valence-corrected chi connectivity index (χ0v) is 25.5. The van der Waals surface area contributed by atoms with Gasteiger partial charge in [0.25, 0.3) is 11.8 Å². The van der Waals surface area contributed by atoms with Gasteiger partial charge in [-0.25, -0.2) is 19.7 Å². The Morgan fingerprint density at radius 1 is 0.957 bits per heavy atom. The monoisotopic (exact) mass is 658 g/mol. The molecular weight excluding hydrogens is 635 g/mol. The molecule has 5 aromatic rings. The number of hydrogen-bond acceptors (Lipinski definition) is 9. The van der Waals surface area contributed by atoms with Gasteiger partial charge in [0.15, 0.2) is 18.1 Å². The van der Waals surface area contributed by atoms with E-state index in [1.54, 1.807) is 66.7 Å². The average molecular weight is 659 g/mol. The number of hydrogen-bond donors (Lipinski definition) is 2. The predicted molar refractivity (Wildman–Crippen MR) is 167 cm³/mol. The van der Waals surface area contributed by atoms with Crippen LogP contribution < -0.4 is 4.90 Å². The second kappa shape index (κ2) is 11.3. The molecule has 2 N–H and O–H groups in total. The Bertz CT molecular complexity index is 2000. The molecule has 2 aromatic heterocycles. The standard InChI is InChI=1S/C33H24Cl2N4O7/c1-33(44)25(40)31(46-26(33)24(18-11-12-22(34)23(35)15-18)45-32(43)17-7-3-2-4-8-17)38-14-13-21-27(38)36-16-37-28(21)39-29(41)19-9-5-6-10-20(19)30(39)42/h2-16,24-26,31,40,44H,1H3/t24-,25+,26-,31-,33+/m1/s1. The molecule has 0 aliphatic carbocycles. The molecule has 0 unspecified atom stereocenters. The number of carbonyl (C=O) groups excluding carboxylic acids is 3. The van der Waals surface area contributed by atoms with Gasteiger partial charge in [0.1, 0.15) is 29.8 Å². The summed E-state index contributed by atoms with van der Waals surface area (Å²) in [6, 6.07) is 20.9. The molecule has 4 heterocycles. The lowest BCUT2D eigenvalue weighted by Gasteiger charge is -2.32. The van der Waals surface area contributed by atoms with Gasteiger partial charge in [-0.05, 0) is 55.0 Å². The summed E-state index contributed by atoms with van der Waals surface area (Å²) in [4.78, 5) is 49.3. The summed E-state index contributed by atoms with van der Waals surface area (Å²) in [6.07, 6.45) is -2.64. The van der Waals surface area contributed by atoms with E-state index in [0.717, 1.165) is 4.90 Å². The van der Waals surface area contributed by atoms with E-state index in [1.807, 2.05) is 0 Å². The van der Waals surface area contributed by atoms with Crippen molar-refractivity contribution in [2.24, 2.45) is 0 Å². The van der Waals surface area contributed by atoms with E-state index in [0.29, 0.717) is 10.9 Å². The van der Waals surface area contributed by atoms with Crippen LogP contribution in [0.15, 0.2) is 91.4 Å². The predicted octanol–water partition coefficient (Wildman–Crippen LogP) is 5.15. The van der Waals surface area contributed by atoms with E-state index in [1.165, 1.54) is 36.1 Å². The van der Waals surface area contributed by atoms with Crippen LogP contribution in [0.2, 0.25) is 10.0 Å². The molecule has 232 valence electrons. The SMILES string of the molecule is C[C@@]1(O)[C@@H]([C@H](OC(=O)c2ccccc2)c2ccc(Cl)c(Cl)c2)O[C@@H](n2ccc3c(N4C(=O)c5ccccc5C4=O)ncnc32)[C@@H]1O. The van der Waals surface area contributed by atoms with Crippen LogP contribution in [0.1, 0.15) is 55.9 Å². The molecule has 1 saturated heterocycles. The van der Waals surface area contributed by atoms with Gasteiger partial charge in [0.05, 0.1) is 32.1 Å². The minimum atomic E-state index is -1.98. The van der Waals surface area contributed by atoms with Crippen molar-refractivity contribution in [3.8, 4) is 0 Å². The van der Waals surface area contributed by atoms with E-state index >= 15 is 0 Å². The van der Waals surface area contributed by atoms with Gasteiger partial charge in [-0.2, -0.15) is 0 Å². The lowest BCUT2D eigenvalue weighted by Crippen LogP contribution is -2.48. The summed E-state index contributed by atoms with van der Waals surface area (Å²) in [5.41, 5.74) is -0.626. The summed E-state index contributed by atoms with van der Waals surface area (Å²) in [6.45, 7) is 1.37. The summed E-state index contributed by atoms with van der Waals surface area (Å²) in [5.74, 6) is -1.70. The van der Waals surface area contributed by atoms with Crippen molar-refractivity contribution in [3.63, 3.8) is 0 Å². The van der Waals surface area contributed by atoms with Crippen LogP contribution in [0.5, 0.6) is 0 Å². The van der Waals surface area contributed by atoms with Crippen molar-refractivity contribution in [3.05, 3.63) is 124 Å². The third-order valence-corrected chi connectivity index (χ3v) is 9.03. The molecule has 2 amide bonds. The number of anilines is 1. The third kappa shape index (κ3) is 4.75. The first kappa shape index (κ1) is 30.0. The normalized spacial score (nSPS) is 23.2. The Morgan fingerprint density at radius 3 is 2.30 bits per heavy atom. The highest BCUT2D eigenvalue weighted by molar-refractivity contribution is 6.42. The van der Waals surface area contributed by atoms with Gasteiger partial charge in [-0.1, -0.05) is 59.6 Å². The van der Waals surface area contributed by atoms with E-state index in [2.05, 4.69) is 9.97 Å². The number of fused-ring (bicyclic) bond motifs is 2. The van der Waals surface area contributed by atoms with Gasteiger partial charge in [0.2, 0.25) is 0 Å². The number of aliphatic hydroxyl groups excluding tert-OH is 1.